The Kier molecular flexibility index (Phi) is 3.81. The van der Waals surface area contributed by atoms with Crippen LogP contribution < -0.4 is 5.56 Å². The number of nitrogens with one attached hydrogen (secondary N) is 1. The van der Waals surface area contributed by atoms with E-state index in [9.17, 15) is 4.79 Å². The molecule has 14 heavy (non-hydrogen) atoms. The number of hydrogen-bond acceptors (Lipinski definition) is 5. The molecule has 6 nitrogen and oxygen atoms in total. The average Bonchev–Trinajstić information content (AvgIpc) is 2.26. The van der Waals surface area contributed by atoms with Gasteiger partial charge < -0.3 is 10.1 Å². The summed E-state index contributed by atoms with van der Waals surface area (Å²) in [5.74, 6) is -0.243. The average molecular weight is 192 g/mol. The molecule has 0 aliphatic heterocycles. The molecule has 0 saturated heterocycles. The van der Waals surface area contributed by atoms with Gasteiger partial charge in [0.05, 0.1) is 0 Å². The Bertz CT molecular complexity index is 388. The Balaban J connectivity index is 0.000000146. The van der Waals surface area contributed by atoms with Crippen LogP contribution in [0.25, 0.3) is 0 Å². The first kappa shape index (κ1) is 9.85. The van der Waals surface area contributed by atoms with Crippen molar-refractivity contribution < 1.29 is 5.11 Å². The number of rotatable bonds is 0. The maximum atomic E-state index is 10.3. The molecular weight excluding hydrogens is 184 g/mol. The Morgan fingerprint density at radius 2 is 1.71 bits per heavy atom. The normalized spacial score (nSPS) is 8.57. The predicted molar refractivity (Wildman–Crippen MR) is 48.6 cm³/mol. The van der Waals surface area contributed by atoms with Gasteiger partial charge in [0.1, 0.15) is 19.0 Å². The number of nitrogens with zero attached hydrogens (tertiary/aromatic N) is 3. The predicted octanol–water partition coefficient (Wildman–Crippen LogP) is -0.0479. The van der Waals surface area contributed by atoms with Crippen LogP contribution in [0.2, 0.25) is 0 Å². The summed E-state index contributed by atoms with van der Waals surface area (Å²) in [6, 6.07) is 2.88. The zero-order valence-corrected chi connectivity index (χ0v) is 7.16. The molecule has 0 bridgehead atoms. The number of aromatic nitrogens is 4. The fourth-order valence-electron chi connectivity index (χ4n) is 0.618. The molecule has 2 aromatic heterocycles. The monoisotopic (exact) mass is 192 g/mol. The van der Waals surface area contributed by atoms with Crippen molar-refractivity contribution in [2.24, 2.45) is 0 Å². The van der Waals surface area contributed by atoms with Crippen molar-refractivity contribution in [2.45, 2.75) is 0 Å². The summed E-state index contributed by atoms with van der Waals surface area (Å²) in [4.78, 5) is 23.3. The van der Waals surface area contributed by atoms with Gasteiger partial charge in [0.15, 0.2) is 5.75 Å². The molecule has 2 N–H and O–H groups in total. The van der Waals surface area contributed by atoms with Crippen molar-refractivity contribution in [1.82, 2.24) is 19.9 Å². The molecule has 0 atom stereocenters. The van der Waals surface area contributed by atoms with Gasteiger partial charge in [-0.15, -0.1) is 0 Å². The van der Waals surface area contributed by atoms with Crippen LogP contribution in [0.4, 0.5) is 0 Å². The van der Waals surface area contributed by atoms with Gasteiger partial charge in [-0.3, -0.25) is 4.79 Å². The van der Waals surface area contributed by atoms with E-state index in [1.54, 1.807) is 6.07 Å². The fraction of sp³-hybridized carbons (Fsp3) is 0. The third kappa shape index (κ3) is 3.44. The first-order chi connectivity index (χ1) is 6.80. The molecule has 6 heteroatoms. The van der Waals surface area contributed by atoms with Crippen molar-refractivity contribution in [3.8, 4) is 5.75 Å². The number of aromatic hydroxyl groups is 1. The van der Waals surface area contributed by atoms with E-state index in [2.05, 4.69) is 19.9 Å². The van der Waals surface area contributed by atoms with Crippen LogP contribution in [0.3, 0.4) is 0 Å². The van der Waals surface area contributed by atoms with E-state index in [0.29, 0.717) is 0 Å². The second-order valence-electron chi connectivity index (χ2n) is 2.18. The quantitative estimate of drug-likeness (QED) is 0.610. The standard InChI is InChI=1S/C5H5NO2.C3H3N3/c7-4-2-1-3-6-5(4)8;1-4-2-6-3-5-1/h1-3,7H,(H,6,8);1-3H. The molecule has 0 amide bonds. The van der Waals surface area contributed by atoms with E-state index < -0.39 is 5.56 Å². The van der Waals surface area contributed by atoms with Crippen molar-refractivity contribution in [3.05, 3.63) is 47.7 Å². The van der Waals surface area contributed by atoms with E-state index in [1.807, 2.05) is 0 Å². The summed E-state index contributed by atoms with van der Waals surface area (Å²) in [6.07, 6.45) is 5.77. The van der Waals surface area contributed by atoms with Crippen LogP contribution >= 0.6 is 0 Å². The van der Waals surface area contributed by atoms with Gasteiger partial charge >= 0.3 is 0 Å². The largest absolute Gasteiger partial charge is 0.503 e. The highest BCUT2D eigenvalue weighted by Crippen LogP contribution is 1.92. The zero-order chi connectivity index (χ0) is 10.2. The molecule has 0 aliphatic rings. The van der Waals surface area contributed by atoms with E-state index in [1.165, 1.54) is 31.2 Å². The molecule has 0 unspecified atom stereocenters. The van der Waals surface area contributed by atoms with Gasteiger partial charge in [-0.1, -0.05) is 0 Å². The third-order valence-corrected chi connectivity index (χ3v) is 1.20. The van der Waals surface area contributed by atoms with Gasteiger partial charge in [0.2, 0.25) is 0 Å². The summed E-state index contributed by atoms with van der Waals surface area (Å²) in [6.45, 7) is 0. The highest BCUT2D eigenvalue weighted by atomic mass is 16.3. The van der Waals surface area contributed by atoms with Gasteiger partial charge in [0, 0.05) is 6.20 Å². The lowest BCUT2D eigenvalue weighted by molar-refractivity contribution is 0.466. The number of H-pyrrole nitrogens is 1. The van der Waals surface area contributed by atoms with Crippen LogP contribution in [0.15, 0.2) is 42.1 Å². The molecule has 0 aromatic carbocycles. The second-order valence-corrected chi connectivity index (χ2v) is 2.18. The molecule has 2 heterocycles. The molecule has 2 rings (SSSR count). The van der Waals surface area contributed by atoms with E-state index in [-0.39, 0.29) is 5.75 Å². The summed E-state index contributed by atoms with van der Waals surface area (Å²) >= 11 is 0. The van der Waals surface area contributed by atoms with Gasteiger partial charge in [-0.05, 0) is 12.1 Å². The van der Waals surface area contributed by atoms with Crippen molar-refractivity contribution in [3.63, 3.8) is 0 Å². The van der Waals surface area contributed by atoms with Gasteiger partial charge in [0.25, 0.3) is 5.56 Å². The lowest BCUT2D eigenvalue weighted by Gasteiger charge is -1.83. The minimum absolute atomic E-state index is 0.243. The van der Waals surface area contributed by atoms with Gasteiger partial charge in [-0.2, -0.15) is 0 Å². The van der Waals surface area contributed by atoms with Crippen LogP contribution in [0.5, 0.6) is 5.75 Å². The Morgan fingerprint density at radius 1 is 1.14 bits per heavy atom. The molecular formula is C8H8N4O2. The lowest BCUT2D eigenvalue weighted by Crippen LogP contribution is -2.01. The van der Waals surface area contributed by atoms with Gasteiger partial charge in [-0.25, -0.2) is 15.0 Å². The Hall–Kier alpha value is -2.24. The highest BCUT2D eigenvalue weighted by molar-refractivity contribution is 5.12. The molecule has 2 aromatic rings. The summed E-state index contributed by atoms with van der Waals surface area (Å²) < 4.78 is 0. The van der Waals surface area contributed by atoms with Crippen LogP contribution in [-0.4, -0.2) is 25.0 Å². The van der Waals surface area contributed by atoms with Crippen molar-refractivity contribution >= 4 is 0 Å². The zero-order valence-electron chi connectivity index (χ0n) is 7.16. The molecule has 0 saturated carbocycles. The maximum absolute atomic E-state index is 10.3. The van der Waals surface area contributed by atoms with E-state index in [0.717, 1.165) is 0 Å². The molecule has 0 aliphatic carbocycles. The molecule has 0 radical (unpaired) electrons. The topological polar surface area (TPSA) is 91.8 Å². The first-order valence-electron chi connectivity index (χ1n) is 3.72. The van der Waals surface area contributed by atoms with Crippen molar-refractivity contribution in [1.29, 1.82) is 0 Å². The van der Waals surface area contributed by atoms with Crippen molar-refractivity contribution in [2.75, 3.05) is 0 Å². The maximum Gasteiger partial charge on any atom is 0.290 e. The first-order valence-corrected chi connectivity index (χ1v) is 3.72. The van der Waals surface area contributed by atoms with Crippen LogP contribution in [0.1, 0.15) is 0 Å². The molecule has 0 spiro atoms. The third-order valence-electron chi connectivity index (χ3n) is 1.20. The van der Waals surface area contributed by atoms with Crippen LogP contribution in [0, 0.1) is 0 Å². The smallest absolute Gasteiger partial charge is 0.290 e. The summed E-state index contributed by atoms with van der Waals surface area (Å²) in [7, 11) is 0. The van der Waals surface area contributed by atoms with Crippen LogP contribution in [-0.2, 0) is 0 Å². The number of hydrogen-bond donors (Lipinski definition) is 2. The Labute approximate surface area is 79.3 Å². The minimum atomic E-state index is -0.451. The SMILES string of the molecule is O=c1[nH]cccc1O.c1ncncn1. The highest BCUT2D eigenvalue weighted by Gasteiger charge is 1.87. The van der Waals surface area contributed by atoms with E-state index >= 15 is 0 Å². The molecule has 0 fully saturated rings. The second kappa shape index (κ2) is 5.41. The minimum Gasteiger partial charge on any atom is -0.503 e. The number of pyridine rings is 1. The van der Waals surface area contributed by atoms with E-state index in [4.69, 9.17) is 5.11 Å². The summed E-state index contributed by atoms with van der Waals surface area (Å²) in [5, 5.41) is 8.58. The summed E-state index contributed by atoms with van der Waals surface area (Å²) in [5.41, 5.74) is -0.451. The molecule has 72 valence electrons. The lowest BCUT2D eigenvalue weighted by atomic mass is 10.5. The number of aromatic amines is 1. The fourth-order valence-corrected chi connectivity index (χ4v) is 0.618. The Morgan fingerprint density at radius 3 is 2.00 bits per heavy atom.